The van der Waals surface area contributed by atoms with Gasteiger partial charge >= 0.3 is 161 Å². The molecule has 2 aromatic carbocycles. The van der Waals surface area contributed by atoms with Crippen LogP contribution in [-0.4, -0.2) is 5.92 Å². The summed E-state index contributed by atoms with van der Waals surface area (Å²) in [5, 5.41) is 0. The molecule has 4 rings (SSSR count). The summed E-state index contributed by atoms with van der Waals surface area (Å²) in [5.41, 5.74) is 6.19. The quantitative estimate of drug-likeness (QED) is 0.438. The van der Waals surface area contributed by atoms with E-state index in [1.165, 1.54) is 23.2 Å². The fourth-order valence-corrected chi connectivity index (χ4v) is 51.0. The normalized spacial score (nSPS) is 22.3. The van der Waals surface area contributed by atoms with Gasteiger partial charge in [-0.05, 0) is 0 Å². The predicted octanol–water partition coefficient (Wildman–Crippen LogP) is 7.07. The van der Waals surface area contributed by atoms with Crippen LogP contribution in [0.3, 0.4) is 0 Å². The van der Waals surface area contributed by atoms with Crippen LogP contribution in [0.1, 0.15) is 43.4 Å². The molecule has 0 bridgehead atoms. The molecule has 2 heteroatoms. The van der Waals surface area contributed by atoms with Gasteiger partial charge in [-0.1, -0.05) is 0 Å². The molecule has 0 fully saturated rings. The molecule has 0 nitrogen and oxygen atoms in total. The van der Waals surface area contributed by atoms with Crippen LogP contribution in [0.25, 0.3) is 12.2 Å². The average Bonchev–Trinajstić information content (AvgIpc) is 3.28. The van der Waals surface area contributed by atoms with Crippen molar-refractivity contribution in [3.8, 4) is 0 Å². The Morgan fingerprint density at radius 3 is 1.58 bits per heavy atom. The maximum absolute atomic E-state index is 3.21. The van der Waals surface area contributed by atoms with Gasteiger partial charge in [-0.15, -0.1) is 0 Å². The number of benzene rings is 2. The second-order valence-electron chi connectivity index (χ2n) is 9.18. The monoisotopic (exact) mass is 437 g/mol. The first kappa shape index (κ1) is 18.4. The van der Waals surface area contributed by atoms with Crippen LogP contribution in [0.2, 0.25) is 21.4 Å². The number of allylic oxidation sites excluding steroid dienone is 2. The minimum absolute atomic E-state index is 0.699. The molecule has 2 aliphatic rings. The molecule has 0 heterocycles. The molecular weight excluding hydrogens is 408 g/mol. The molecule has 0 aliphatic heterocycles. The van der Waals surface area contributed by atoms with E-state index < -0.39 is 23.9 Å². The molecule has 135 valence electrons. The van der Waals surface area contributed by atoms with E-state index in [4.69, 9.17) is 0 Å². The van der Waals surface area contributed by atoms with Crippen LogP contribution in [-0.2, 0) is 17.9 Å². The van der Waals surface area contributed by atoms with E-state index in [2.05, 4.69) is 95.9 Å². The summed E-state index contributed by atoms with van der Waals surface area (Å²) in [4.78, 5) is 0. The first-order chi connectivity index (χ1) is 12.5. The van der Waals surface area contributed by atoms with Crippen LogP contribution in [0.15, 0.2) is 60.7 Å². The van der Waals surface area contributed by atoms with Crippen molar-refractivity contribution in [3.63, 3.8) is 0 Å². The molecule has 0 radical (unpaired) electrons. The van der Waals surface area contributed by atoms with Gasteiger partial charge in [-0.25, -0.2) is 0 Å². The van der Waals surface area contributed by atoms with Gasteiger partial charge in [0, 0.05) is 0 Å². The van der Waals surface area contributed by atoms with E-state index >= 15 is 0 Å². The Morgan fingerprint density at radius 2 is 1.15 bits per heavy atom. The van der Waals surface area contributed by atoms with Crippen molar-refractivity contribution in [2.75, 3.05) is 0 Å². The predicted molar refractivity (Wildman–Crippen MR) is 116 cm³/mol. The van der Waals surface area contributed by atoms with Crippen molar-refractivity contribution in [2.24, 2.45) is 0 Å². The summed E-state index contributed by atoms with van der Waals surface area (Å²) in [6.45, 7) is 4.96. The first-order valence-electron chi connectivity index (χ1n) is 10.2. The fraction of sp³-hybridized carbons (Fsp3) is 0.333. The van der Waals surface area contributed by atoms with Crippen molar-refractivity contribution in [2.45, 2.75) is 42.5 Å². The Kier molecular flexibility index (Phi) is 4.65. The molecule has 0 amide bonds. The number of hydrogen-bond acceptors (Lipinski definition) is 0. The summed E-state index contributed by atoms with van der Waals surface area (Å²) in [6.07, 6.45) is 10.1. The first-order valence-corrected chi connectivity index (χ1v) is 24.5. The van der Waals surface area contributed by atoms with Crippen LogP contribution < -0.4 is 0 Å². The van der Waals surface area contributed by atoms with Crippen LogP contribution in [0, 0.1) is 0 Å². The van der Waals surface area contributed by atoms with Crippen LogP contribution in [0.5, 0.6) is 0 Å². The number of fused-ring (bicyclic) bond motifs is 2. The van der Waals surface area contributed by atoms with Crippen molar-refractivity contribution in [1.29, 1.82) is 0 Å². The van der Waals surface area contributed by atoms with E-state index in [1.807, 2.05) is 0 Å². The van der Waals surface area contributed by atoms with Gasteiger partial charge in [-0.2, -0.15) is 0 Å². The Hall–Kier alpha value is -0.980. The third kappa shape index (κ3) is 2.49. The van der Waals surface area contributed by atoms with Crippen molar-refractivity contribution < 1.29 is 17.9 Å². The van der Waals surface area contributed by atoms with Gasteiger partial charge in [-0.3, -0.25) is 0 Å². The van der Waals surface area contributed by atoms with E-state index in [1.54, 1.807) is 11.1 Å². The topological polar surface area (TPSA) is 0 Å². The van der Waals surface area contributed by atoms with Crippen molar-refractivity contribution in [1.82, 2.24) is 0 Å². The van der Waals surface area contributed by atoms with Crippen molar-refractivity contribution in [3.05, 3.63) is 82.9 Å². The van der Waals surface area contributed by atoms with E-state index in [-0.39, 0.29) is 0 Å². The van der Waals surface area contributed by atoms with Crippen LogP contribution >= 0.6 is 0 Å². The zero-order chi connectivity index (χ0) is 18.4. The van der Waals surface area contributed by atoms with E-state index in [9.17, 15) is 0 Å². The van der Waals surface area contributed by atoms with Gasteiger partial charge < -0.3 is 0 Å². The van der Waals surface area contributed by atoms with Gasteiger partial charge in [0.2, 0.25) is 0 Å². The second-order valence-corrected chi connectivity index (χ2v) is 45.5. The molecule has 2 aromatic rings. The third-order valence-corrected chi connectivity index (χ3v) is 53.8. The zero-order valence-electron chi connectivity index (χ0n) is 16.6. The number of rotatable bonds is 5. The summed E-state index contributed by atoms with van der Waals surface area (Å²) in [6, 6.07) is 21.2. The van der Waals surface area contributed by atoms with Gasteiger partial charge in [0.15, 0.2) is 0 Å². The Labute approximate surface area is 160 Å². The summed E-state index contributed by atoms with van der Waals surface area (Å²) in [7, 11) is 0. The fourth-order valence-electron chi connectivity index (χ4n) is 6.37. The Bertz CT molecular complexity index is 823. The Balaban J connectivity index is 1.94. The molecule has 0 spiro atoms. The third-order valence-electron chi connectivity index (χ3n) is 7.83. The van der Waals surface area contributed by atoms with Gasteiger partial charge in [0.25, 0.3) is 0 Å². The molecule has 0 aromatic heterocycles. The van der Waals surface area contributed by atoms with E-state index in [0.29, 0.717) is 7.25 Å². The standard InChI is InChI=1S/2C9H7.C4H11Si.2CH3.Zr/c2*1-2-5-9-7-3-6-8(9)4-1;1-3-5-4-2;;;/h2*1-7H;5H,3-4H2,1-2H3;2*1H3;. The number of hydrogen-bond donors (Lipinski definition) is 0. The molecular formula is C24H31SiZr. The molecule has 2 unspecified atom stereocenters. The maximum atomic E-state index is 2.83. The molecule has 26 heavy (non-hydrogen) atoms. The Morgan fingerprint density at radius 1 is 0.731 bits per heavy atom. The molecule has 0 saturated carbocycles. The SMILES string of the molecule is CC[SiH](CC)[Zr]([CH3])([CH3])([CH]1C=Cc2ccccc21)[CH]1C=Cc2ccccc21. The second kappa shape index (κ2) is 6.57. The van der Waals surface area contributed by atoms with E-state index in [0.717, 1.165) is 0 Å². The molecule has 2 aliphatic carbocycles. The average molecular weight is 439 g/mol. The van der Waals surface area contributed by atoms with Crippen LogP contribution in [0.4, 0.5) is 0 Å². The molecule has 2 atom stereocenters. The summed E-state index contributed by atoms with van der Waals surface area (Å²) in [5.74, 6) is -0.854. The molecule has 0 N–H and O–H groups in total. The van der Waals surface area contributed by atoms with Gasteiger partial charge in [0.05, 0.1) is 0 Å². The minimum atomic E-state index is -3.21. The van der Waals surface area contributed by atoms with Crippen molar-refractivity contribution >= 4 is 18.1 Å². The summed E-state index contributed by atoms with van der Waals surface area (Å²) >= 11 is -3.21. The van der Waals surface area contributed by atoms with Gasteiger partial charge in [0.1, 0.15) is 0 Å². The zero-order valence-corrected chi connectivity index (χ0v) is 20.2. The molecule has 0 saturated heterocycles. The summed E-state index contributed by atoms with van der Waals surface area (Å²) < 4.78 is 7.06.